The Morgan fingerprint density at radius 1 is 0.321 bits per heavy atom. The molecule has 0 unspecified atom stereocenters. The zero-order valence-corrected chi connectivity index (χ0v) is 29.9. The van der Waals surface area contributed by atoms with Gasteiger partial charge in [-0.3, -0.25) is 0 Å². The fourth-order valence-corrected chi connectivity index (χ4v) is 8.48. The van der Waals surface area contributed by atoms with Crippen molar-refractivity contribution < 1.29 is 0 Å². The molecule has 0 fully saturated rings. The summed E-state index contributed by atoms with van der Waals surface area (Å²) in [4.78, 5) is 4.83. The van der Waals surface area contributed by atoms with Gasteiger partial charge in [-0.15, -0.1) is 0 Å². The molecule has 0 aliphatic heterocycles. The van der Waals surface area contributed by atoms with E-state index in [9.17, 15) is 0 Å². The van der Waals surface area contributed by atoms with Crippen molar-refractivity contribution in [3.8, 4) is 11.1 Å². The van der Waals surface area contributed by atoms with E-state index >= 15 is 0 Å². The van der Waals surface area contributed by atoms with Gasteiger partial charge in [-0.25, -0.2) is 0 Å². The second kappa shape index (κ2) is 12.3. The van der Waals surface area contributed by atoms with Crippen LogP contribution in [-0.4, -0.2) is 0 Å². The lowest BCUT2D eigenvalue weighted by Crippen LogP contribution is -2.17. The van der Waals surface area contributed by atoms with Gasteiger partial charge in [0.1, 0.15) is 0 Å². The average Bonchev–Trinajstić information content (AvgIpc) is 3.43. The van der Waals surface area contributed by atoms with E-state index in [0.717, 1.165) is 28.4 Å². The van der Waals surface area contributed by atoms with Crippen LogP contribution in [0.4, 0.5) is 34.1 Å². The maximum Gasteiger partial charge on any atom is 0.0540 e. The Morgan fingerprint density at radius 3 is 1.38 bits per heavy atom. The second-order valence-corrected chi connectivity index (χ2v) is 14.7. The third-order valence-corrected chi connectivity index (χ3v) is 11.2. The van der Waals surface area contributed by atoms with Crippen LogP contribution in [0.2, 0.25) is 0 Å². The van der Waals surface area contributed by atoms with Crippen molar-refractivity contribution in [3.05, 3.63) is 205 Å². The molecule has 1 aliphatic carbocycles. The van der Waals surface area contributed by atoms with E-state index in [1.807, 2.05) is 0 Å². The Balaban J connectivity index is 1.11. The molecule has 0 saturated carbocycles. The fourth-order valence-electron chi connectivity index (χ4n) is 8.48. The Morgan fingerprint density at radius 2 is 0.774 bits per heavy atom. The third kappa shape index (κ3) is 5.18. The number of rotatable bonds is 6. The van der Waals surface area contributed by atoms with Gasteiger partial charge in [-0.2, -0.15) is 0 Å². The van der Waals surface area contributed by atoms with Crippen LogP contribution in [0.3, 0.4) is 0 Å². The van der Waals surface area contributed by atoms with Crippen molar-refractivity contribution in [2.45, 2.75) is 19.3 Å². The summed E-state index contributed by atoms with van der Waals surface area (Å²) in [6.07, 6.45) is 0. The van der Waals surface area contributed by atoms with Crippen LogP contribution in [0.25, 0.3) is 43.4 Å². The van der Waals surface area contributed by atoms with E-state index in [-0.39, 0.29) is 5.41 Å². The maximum absolute atomic E-state index is 2.43. The summed E-state index contributed by atoms with van der Waals surface area (Å²) in [5.41, 5.74) is 12.0. The highest BCUT2D eigenvalue weighted by molar-refractivity contribution is 6.00. The minimum Gasteiger partial charge on any atom is -0.310 e. The van der Waals surface area contributed by atoms with Gasteiger partial charge in [0.05, 0.1) is 5.69 Å². The Kier molecular flexibility index (Phi) is 7.19. The zero-order valence-electron chi connectivity index (χ0n) is 29.9. The summed E-state index contributed by atoms with van der Waals surface area (Å²) in [6.45, 7) is 4.76. The lowest BCUT2D eigenvalue weighted by atomic mass is 9.82. The van der Waals surface area contributed by atoms with Crippen molar-refractivity contribution in [2.75, 3.05) is 9.80 Å². The Labute approximate surface area is 310 Å². The summed E-state index contributed by atoms with van der Waals surface area (Å²) < 4.78 is 0. The van der Waals surface area contributed by atoms with Gasteiger partial charge >= 0.3 is 0 Å². The van der Waals surface area contributed by atoms with E-state index in [2.05, 4.69) is 218 Å². The molecular formula is C51H38N2. The van der Waals surface area contributed by atoms with Gasteiger partial charge in [-0.05, 0) is 116 Å². The molecule has 0 spiro atoms. The van der Waals surface area contributed by atoms with Crippen molar-refractivity contribution in [1.29, 1.82) is 0 Å². The van der Waals surface area contributed by atoms with Crippen molar-refractivity contribution >= 4 is 66.4 Å². The normalized spacial score (nSPS) is 12.9. The number of hydrogen-bond donors (Lipinski definition) is 0. The number of para-hydroxylation sites is 1. The van der Waals surface area contributed by atoms with E-state index in [0.29, 0.717) is 0 Å². The quantitative estimate of drug-likeness (QED) is 0.173. The molecule has 9 aromatic rings. The highest BCUT2D eigenvalue weighted by atomic mass is 15.1. The highest BCUT2D eigenvalue weighted by Gasteiger charge is 2.37. The lowest BCUT2D eigenvalue weighted by molar-refractivity contribution is 0.660. The van der Waals surface area contributed by atoms with Crippen molar-refractivity contribution in [2.24, 2.45) is 0 Å². The molecule has 0 N–H and O–H groups in total. The van der Waals surface area contributed by atoms with E-state index in [4.69, 9.17) is 0 Å². The summed E-state index contributed by atoms with van der Waals surface area (Å²) >= 11 is 0. The molecule has 53 heavy (non-hydrogen) atoms. The molecule has 0 heterocycles. The third-order valence-electron chi connectivity index (χ3n) is 11.2. The molecular weight excluding hydrogens is 641 g/mol. The first-order valence-corrected chi connectivity index (χ1v) is 18.4. The lowest BCUT2D eigenvalue weighted by Gasteiger charge is -2.30. The molecule has 0 atom stereocenters. The summed E-state index contributed by atoms with van der Waals surface area (Å²) in [5, 5.41) is 7.40. The summed E-state index contributed by atoms with van der Waals surface area (Å²) in [6, 6.07) is 71.0. The number of anilines is 6. The molecule has 0 saturated heterocycles. The van der Waals surface area contributed by atoms with Crippen LogP contribution >= 0.6 is 0 Å². The zero-order chi connectivity index (χ0) is 35.5. The van der Waals surface area contributed by atoms with Gasteiger partial charge in [0.15, 0.2) is 0 Å². The average molecular weight is 679 g/mol. The maximum atomic E-state index is 2.43. The molecule has 1 aliphatic rings. The van der Waals surface area contributed by atoms with Crippen LogP contribution in [-0.2, 0) is 5.41 Å². The molecule has 2 heteroatoms. The topological polar surface area (TPSA) is 6.48 Å². The predicted octanol–water partition coefficient (Wildman–Crippen LogP) is 14.4. The molecule has 0 aromatic heterocycles. The molecule has 2 nitrogen and oxygen atoms in total. The molecule has 10 rings (SSSR count). The van der Waals surface area contributed by atoms with E-state index < -0.39 is 0 Å². The van der Waals surface area contributed by atoms with Crippen LogP contribution in [0, 0.1) is 0 Å². The summed E-state index contributed by atoms with van der Waals surface area (Å²) in [7, 11) is 0. The first kappa shape index (κ1) is 31.1. The number of hydrogen-bond acceptors (Lipinski definition) is 2. The first-order valence-electron chi connectivity index (χ1n) is 18.4. The van der Waals surface area contributed by atoms with Crippen LogP contribution in [0.15, 0.2) is 194 Å². The fraction of sp³-hybridized carbons (Fsp3) is 0.0588. The molecule has 0 bridgehead atoms. The molecule has 0 amide bonds. The standard InChI is InChI=1S/C51H38N2/c1-51(2)48-33-43(52(41-25-23-35-13-6-8-16-38(35)31-41)42-26-24-36-14-7-9-17-39(36)32-42)27-29-46(48)47-30-28-44(34-49(47)51)53(40-19-4-3-5-20-40)50-22-12-18-37-15-10-11-21-45(37)50/h3-34H,1-2H3. The van der Waals surface area contributed by atoms with Crippen LogP contribution < -0.4 is 9.80 Å². The van der Waals surface area contributed by atoms with E-state index in [1.165, 1.54) is 60.3 Å². The van der Waals surface area contributed by atoms with Crippen molar-refractivity contribution in [1.82, 2.24) is 0 Å². The molecule has 0 radical (unpaired) electrons. The Bertz CT molecular complexity index is 2750. The van der Waals surface area contributed by atoms with E-state index in [1.54, 1.807) is 0 Å². The smallest absolute Gasteiger partial charge is 0.0540 e. The number of nitrogens with zero attached hydrogens (tertiary/aromatic N) is 2. The van der Waals surface area contributed by atoms with Gasteiger partial charge in [-0.1, -0.05) is 141 Å². The number of benzene rings is 9. The molecule has 252 valence electrons. The largest absolute Gasteiger partial charge is 0.310 e. The predicted molar refractivity (Wildman–Crippen MR) is 226 cm³/mol. The second-order valence-electron chi connectivity index (χ2n) is 14.7. The van der Waals surface area contributed by atoms with Gasteiger partial charge in [0, 0.05) is 39.2 Å². The van der Waals surface area contributed by atoms with Crippen LogP contribution in [0.5, 0.6) is 0 Å². The van der Waals surface area contributed by atoms with Gasteiger partial charge in [0.2, 0.25) is 0 Å². The van der Waals surface area contributed by atoms with Crippen LogP contribution in [0.1, 0.15) is 25.0 Å². The summed E-state index contributed by atoms with van der Waals surface area (Å²) in [5.74, 6) is 0. The SMILES string of the molecule is CC1(C)c2cc(N(c3ccc4ccccc4c3)c3ccc4ccccc4c3)ccc2-c2ccc(N(c3ccccc3)c3cccc4ccccc34)cc21. The minimum atomic E-state index is -0.226. The number of fused-ring (bicyclic) bond motifs is 6. The highest BCUT2D eigenvalue weighted by Crippen LogP contribution is 2.53. The van der Waals surface area contributed by atoms with Gasteiger partial charge in [0.25, 0.3) is 0 Å². The van der Waals surface area contributed by atoms with Crippen molar-refractivity contribution in [3.63, 3.8) is 0 Å². The minimum absolute atomic E-state index is 0.226. The monoisotopic (exact) mass is 678 g/mol. The van der Waals surface area contributed by atoms with Gasteiger partial charge < -0.3 is 9.80 Å². The molecule has 9 aromatic carbocycles. The Hall–Kier alpha value is -6.64. The first-order chi connectivity index (χ1) is 26.0.